The van der Waals surface area contributed by atoms with Crippen LogP contribution in [-0.4, -0.2) is 131 Å². The average molecular weight is 857 g/mol. The number of rotatable bonds is 28. The van der Waals surface area contributed by atoms with Gasteiger partial charge in [0, 0.05) is 89.2 Å². The Morgan fingerprint density at radius 3 is 1.23 bits per heavy atom. The first-order valence-electron chi connectivity index (χ1n) is 21.6. The summed E-state index contributed by atoms with van der Waals surface area (Å²) < 4.78 is 88.5. The fourth-order valence-electron chi connectivity index (χ4n) is 8.87. The van der Waals surface area contributed by atoms with E-state index in [0.717, 1.165) is 0 Å². The minimum atomic E-state index is -2.29. The molecule has 0 saturated carbocycles. The normalized spacial score (nSPS) is 26.4. The van der Waals surface area contributed by atoms with E-state index >= 15 is 0 Å². The third kappa shape index (κ3) is 8.34. The van der Waals surface area contributed by atoms with Gasteiger partial charge in [0.05, 0.1) is 0 Å². The molecule has 0 spiro atoms. The molecule has 0 aromatic heterocycles. The van der Waals surface area contributed by atoms with E-state index in [4.69, 9.17) is 61.6 Å². The zero-order valence-corrected chi connectivity index (χ0v) is 39.2. The van der Waals surface area contributed by atoms with Crippen LogP contribution in [0, 0.1) is 5.41 Å². The second kappa shape index (κ2) is 22.2. The summed E-state index contributed by atoms with van der Waals surface area (Å²) in [5.74, 6) is -12.4. The number of carbonyl (C=O) groups is 2. The minimum Gasteiger partial charge on any atom is -0.449 e. The van der Waals surface area contributed by atoms with Crippen molar-refractivity contribution in [2.75, 3.05) is 72.7 Å². The van der Waals surface area contributed by atoms with E-state index in [1.807, 2.05) is 27.7 Å². The minimum absolute atomic E-state index is 0.00240. The van der Waals surface area contributed by atoms with Crippen molar-refractivity contribution in [3.63, 3.8) is 0 Å². The molecule has 0 aromatic carbocycles. The van der Waals surface area contributed by atoms with E-state index in [2.05, 4.69) is 13.2 Å². The van der Waals surface area contributed by atoms with Gasteiger partial charge in [-0.15, -0.1) is 0 Å². The van der Waals surface area contributed by atoms with E-state index in [0.29, 0.717) is 0 Å². The van der Waals surface area contributed by atoms with Crippen molar-refractivity contribution in [1.29, 1.82) is 0 Å². The van der Waals surface area contributed by atoms with E-state index in [9.17, 15) is 9.59 Å². The molecule has 0 saturated heterocycles. The summed E-state index contributed by atoms with van der Waals surface area (Å²) in [5, 5.41) is 0. The lowest BCUT2D eigenvalue weighted by Crippen LogP contribution is -2.89. The fraction of sp³-hybridized carbons (Fsp3) is 0.778. The molecule has 2 rings (SSSR count). The molecule has 0 fully saturated rings. The molecule has 4 atom stereocenters. The van der Waals surface area contributed by atoms with Crippen LogP contribution >= 0.6 is 0 Å². The molecular weight excluding hydrogens is 780 g/mol. The molecule has 2 aliphatic carbocycles. The Labute approximate surface area is 359 Å². The van der Waals surface area contributed by atoms with Gasteiger partial charge in [-0.3, -0.25) is 0 Å². The quantitative estimate of drug-likeness (QED) is 0.0339. The highest BCUT2D eigenvalue weighted by Gasteiger charge is 2.88. The van der Waals surface area contributed by atoms with Crippen LogP contribution in [0.1, 0.15) is 104 Å². The second-order valence-corrected chi connectivity index (χ2v) is 14.5. The summed E-state index contributed by atoms with van der Waals surface area (Å²) in [6.07, 6.45) is 5.34. The lowest BCUT2D eigenvalue weighted by molar-refractivity contribution is -0.527. The van der Waals surface area contributed by atoms with Crippen LogP contribution in [0.4, 0.5) is 0 Å². The van der Waals surface area contributed by atoms with E-state index in [-0.39, 0.29) is 83.8 Å². The summed E-state index contributed by atoms with van der Waals surface area (Å²) in [5.41, 5.74) is -5.14. The van der Waals surface area contributed by atoms with Crippen LogP contribution in [0.5, 0.6) is 0 Å². The van der Waals surface area contributed by atoms with Crippen molar-refractivity contribution in [3.05, 3.63) is 48.6 Å². The zero-order valence-electron chi connectivity index (χ0n) is 39.2. The molecule has 60 heavy (non-hydrogen) atoms. The Hall–Kier alpha value is -2.54. The molecule has 0 bridgehead atoms. The summed E-state index contributed by atoms with van der Waals surface area (Å²) in [4.78, 5) is 27.2. The van der Waals surface area contributed by atoms with Crippen molar-refractivity contribution >= 4 is 11.9 Å². The van der Waals surface area contributed by atoms with Gasteiger partial charge < -0.3 is 61.6 Å². The lowest BCUT2D eigenvalue weighted by atomic mass is 9.52. The third-order valence-electron chi connectivity index (χ3n) is 10.7. The van der Waals surface area contributed by atoms with Gasteiger partial charge in [-0.1, -0.05) is 27.0 Å². The van der Waals surface area contributed by atoms with Gasteiger partial charge >= 0.3 is 11.9 Å². The highest BCUT2D eigenvalue weighted by Crippen LogP contribution is 2.67. The maximum atomic E-state index is 13.8. The number of ether oxygens (including phenoxy) is 13. The molecule has 0 radical (unpaired) electrons. The molecule has 346 valence electrons. The van der Waals surface area contributed by atoms with Crippen LogP contribution in [0.25, 0.3) is 0 Å². The molecule has 2 aliphatic rings. The summed E-state index contributed by atoms with van der Waals surface area (Å²) in [6.45, 7) is 34.4. The van der Waals surface area contributed by atoms with Gasteiger partial charge in [0.2, 0.25) is 0 Å². The largest absolute Gasteiger partial charge is 0.449 e. The summed E-state index contributed by atoms with van der Waals surface area (Å²) >= 11 is 0. The van der Waals surface area contributed by atoms with Gasteiger partial charge in [-0.2, -0.15) is 0 Å². The van der Waals surface area contributed by atoms with Crippen LogP contribution in [0.15, 0.2) is 48.6 Å². The first kappa shape index (κ1) is 53.6. The Morgan fingerprint density at radius 2 is 0.850 bits per heavy atom. The molecule has 15 nitrogen and oxygen atoms in total. The van der Waals surface area contributed by atoms with Gasteiger partial charge in [-0.05, 0) is 114 Å². The van der Waals surface area contributed by atoms with Crippen molar-refractivity contribution in [2.45, 2.75) is 150 Å². The smallest absolute Gasteiger partial charge is 0.336 e. The molecule has 0 heterocycles. The average Bonchev–Trinajstić information content (AvgIpc) is 3.18. The van der Waals surface area contributed by atoms with Gasteiger partial charge in [-0.25, -0.2) is 9.59 Å². The number of hydrogen-bond acceptors (Lipinski definition) is 15. The predicted octanol–water partition coefficient (Wildman–Crippen LogP) is 7.12. The van der Waals surface area contributed by atoms with Gasteiger partial charge in [0.15, 0.2) is 17.3 Å². The van der Waals surface area contributed by atoms with E-state index in [1.54, 1.807) is 93.5 Å². The van der Waals surface area contributed by atoms with Crippen LogP contribution in [0.3, 0.4) is 0 Å². The summed E-state index contributed by atoms with van der Waals surface area (Å²) in [6, 6.07) is 0. The SMILES string of the molecule is C=C(C)C(=O)OC1C=CC(OCC)(C(C)(C)C2(OCC)C=CC(OCC)(OC(=O)C(=C)C)C(OCC)(OCC)C2(OCC)OCC)C(OCC)(OCC)C1(OCC)OCC. The first-order chi connectivity index (χ1) is 28.4. The number of esters is 2. The lowest BCUT2D eigenvalue weighted by Gasteiger charge is -2.70. The van der Waals surface area contributed by atoms with Crippen molar-refractivity contribution in [3.8, 4) is 0 Å². The van der Waals surface area contributed by atoms with Gasteiger partial charge in [0.1, 0.15) is 0 Å². The maximum absolute atomic E-state index is 13.8. The first-order valence-corrected chi connectivity index (χ1v) is 21.6. The second-order valence-electron chi connectivity index (χ2n) is 14.5. The van der Waals surface area contributed by atoms with Crippen LogP contribution in [0.2, 0.25) is 0 Å². The fourth-order valence-corrected chi connectivity index (χ4v) is 8.87. The molecule has 15 heteroatoms. The molecule has 0 aliphatic heterocycles. The van der Waals surface area contributed by atoms with Crippen molar-refractivity contribution in [2.24, 2.45) is 5.41 Å². The topological polar surface area (TPSA) is 154 Å². The number of hydrogen-bond donors (Lipinski definition) is 0. The standard InChI is InChI=1S/C45H76O15/c1-18-48-39(30-29-35(59-36(46)33(12)13)42(51-21-4,52-22-5)43(39,53-23-6)54-24-7)38(16,17)40(49-19-2)31-32-41(50-20-3,60-37(47)34(14)15)45(57-27-10,58-28-11)44(40,55-25-8)56-26-9/h29-32,35H,12,14,18-28H2,1-11,13,15-17H3. The van der Waals surface area contributed by atoms with Crippen LogP contribution < -0.4 is 0 Å². The van der Waals surface area contributed by atoms with E-state index in [1.165, 1.54) is 6.92 Å². The Balaban J connectivity index is 3.65. The highest BCUT2D eigenvalue weighted by atomic mass is 16.9. The molecular formula is C45H76O15. The third-order valence-corrected chi connectivity index (χ3v) is 10.7. The Morgan fingerprint density at radius 1 is 0.483 bits per heavy atom. The Bertz CT molecular complexity index is 1460. The predicted molar refractivity (Wildman–Crippen MR) is 225 cm³/mol. The monoisotopic (exact) mass is 857 g/mol. The molecule has 0 aromatic rings. The van der Waals surface area contributed by atoms with Crippen molar-refractivity contribution in [1.82, 2.24) is 0 Å². The summed E-state index contributed by atoms with van der Waals surface area (Å²) in [7, 11) is 0. The van der Waals surface area contributed by atoms with E-state index < -0.39 is 63.6 Å². The Kier molecular flexibility index (Phi) is 19.8. The molecule has 4 unspecified atom stereocenters. The van der Waals surface area contributed by atoms with Crippen LogP contribution in [-0.2, 0) is 71.2 Å². The maximum Gasteiger partial charge on any atom is 0.336 e. The molecule has 0 N–H and O–H groups in total. The van der Waals surface area contributed by atoms with Crippen molar-refractivity contribution < 1.29 is 71.2 Å². The highest BCUT2D eigenvalue weighted by molar-refractivity contribution is 5.87. The van der Waals surface area contributed by atoms with Gasteiger partial charge in [0.25, 0.3) is 28.9 Å². The zero-order chi connectivity index (χ0) is 45.7. The molecule has 0 amide bonds. The number of carbonyl (C=O) groups excluding carboxylic acids is 2.